The summed E-state index contributed by atoms with van der Waals surface area (Å²) in [5.41, 5.74) is 0.0591. The molecule has 0 aliphatic carbocycles. The molecule has 0 saturated carbocycles. The van der Waals surface area contributed by atoms with E-state index in [1.165, 1.54) is 18.2 Å². The summed E-state index contributed by atoms with van der Waals surface area (Å²) in [7, 11) is 0. The number of hydrogen-bond acceptors (Lipinski definition) is 5. The molecular formula is C19H23NO5. The highest BCUT2D eigenvalue weighted by atomic mass is 16.5. The van der Waals surface area contributed by atoms with E-state index in [-0.39, 0.29) is 28.9 Å². The predicted molar refractivity (Wildman–Crippen MR) is 96.5 cm³/mol. The highest BCUT2D eigenvalue weighted by molar-refractivity contribution is 5.91. The van der Waals surface area contributed by atoms with Crippen LogP contribution in [0.4, 0.5) is 0 Å². The molecule has 0 unspecified atom stereocenters. The molecule has 2 aromatic rings. The van der Waals surface area contributed by atoms with Gasteiger partial charge in [0.1, 0.15) is 5.69 Å². The quantitative estimate of drug-likeness (QED) is 0.721. The van der Waals surface area contributed by atoms with E-state index in [9.17, 15) is 14.4 Å². The topological polar surface area (TPSA) is 74.6 Å². The third-order valence-electron chi connectivity index (χ3n) is 3.70. The summed E-state index contributed by atoms with van der Waals surface area (Å²) in [6, 6.07) is 5.67. The molecule has 0 bridgehead atoms. The van der Waals surface area contributed by atoms with E-state index < -0.39 is 5.97 Å². The summed E-state index contributed by atoms with van der Waals surface area (Å²) in [5, 5.41) is 0.342. The Labute approximate surface area is 146 Å². The number of aromatic nitrogens is 1. The van der Waals surface area contributed by atoms with Gasteiger partial charge in [-0.1, -0.05) is 13.8 Å². The van der Waals surface area contributed by atoms with Crippen LogP contribution in [0, 0.1) is 0 Å². The number of hydrogen-bond donors (Lipinski definition) is 0. The number of carbonyl (C=O) groups excluding carboxylic acids is 1. The van der Waals surface area contributed by atoms with Crippen LogP contribution >= 0.6 is 0 Å². The van der Waals surface area contributed by atoms with E-state index in [0.717, 1.165) is 12.8 Å². The molecule has 1 aromatic carbocycles. The van der Waals surface area contributed by atoms with Gasteiger partial charge in [0.15, 0.2) is 11.2 Å². The summed E-state index contributed by atoms with van der Waals surface area (Å²) in [5.74, 6) is -0.410. The fraction of sp³-hybridized carbons (Fsp3) is 0.421. The molecular weight excluding hydrogens is 322 g/mol. The smallest absolute Gasteiger partial charge is 0.355 e. The first-order valence-electron chi connectivity index (χ1n) is 8.55. The van der Waals surface area contributed by atoms with Crippen LogP contribution in [0.5, 0.6) is 5.75 Å². The maximum atomic E-state index is 12.6. The monoisotopic (exact) mass is 345 g/mol. The maximum Gasteiger partial charge on any atom is 0.355 e. The number of esters is 1. The zero-order valence-electron chi connectivity index (χ0n) is 14.8. The van der Waals surface area contributed by atoms with Crippen molar-refractivity contribution in [3.05, 3.63) is 50.4 Å². The Hall–Kier alpha value is -2.63. The summed E-state index contributed by atoms with van der Waals surface area (Å²) in [6.45, 7) is 6.75. The molecule has 0 N–H and O–H groups in total. The fourth-order valence-corrected chi connectivity index (χ4v) is 2.61. The molecule has 0 atom stereocenters. The average Bonchev–Trinajstić information content (AvgIpc) is 2.75. The SMILES string of the molecule is CCCOc1cc2c(=O)cc(C(=O)OCC)n(CCC)c2ccc1=O. The van der Waals surface area contributed by atoms with Crippen molar-refractivity contribution < 1.29 is 14.3 Å². The van der Waals surface area contributed by atoms with Gasteiger partial charge in [-0.05, 0) is 38.0 Å². The molecule has 25 heavy (non-hydrogen) atoms. The highest BCUT2D eigenvalue weighted by Gasteiger charge is 2.16. The van der Waals surface area contributed by atoms with Crippen LogP contribution in [0.25, 0.3) is 10.9 Å². The van der Waals surface area contributed by atoms with Crippen molar-refractivity contribution in [3.8, 4) is 5.75 Å². The number of pyridine rings is 1. The molecule has 1 heterocycles. The molecule has 6 nitrogen and oxygen atoms in total. The van der Waals surface area contributed by atoms with Gasteiger partial charge in [-0.15, -0.1) is 0 Å². The van der Waals surface area contributed by atoms with E-state index in [0.29, 0.717) is 24.1 Å². The molecule has 2 rings (SSSR count). The molecule has 0 saturated heterocycles. The molecule has 134 valence electrons. The molecule has 0 fully saturated rings. The molecule has 6 heteroatoms. The Kier molecular flexibility index (Phi) is 6.33. The highest BCUT2D eigenvalue weighted by Crippen LogP contribution is 2.17. The summed E-state index contributed by atoms with van der Waals surface area (Å²) >= 11 is 0. The van der Waals surface area contributed by atoms with Crippen LogP contribution in [0.1, 0.15) is 44.1 Å². The van der Waals surface area contributed by atoms with Gasteiger partial charge in [0.05, 0.1) is 18.7 Å². The van der Waals surface area contributed by atoms with Gasteiger partial charge in [-0.2, -0.15) is 0 Å². The molecule has 0 spiro atoms. The number of ether oxygens (including phenoxy) is 2. The van der Waals surface area contributed by atoms with E-state index in [2.05, 4.69) is 0 Å². The number of nitrogens with zero attached hydrogens (tertiary/aromatic N) is 1. The first kappa shape index (κ1) is 18.7. The van der Waals surface area contributed by atoms with Gasteiger partial charge in [0.2, 0.25) is 5.43 Å². The third-order valence-corrected chi connectivity index (χ3v) is 3.70. The Morgan fingerprint density at radius 1 is 1.04 bits per heavy atom. The average molecular weight is 345 g/mol. The van der Waals surface area contributed by atoms with Crippen molar-refractivity contribution in [1.29, 1.82) is 0 Å². The second kappa shape index (κ2) is 8.46. The van der Waals surface area contributed by atoms with Crippen LogP contribution in [-0.2, 0) is 11.3 Å². The van der Waals surface area contributed by atoms with Gasteiger partial charge in [-0.25, -0.2) is 4.79 Å². The van der Waals surface area contributed by atoms with Crippen molar-refractivity contribution in [1.82, 2.24) is 4.57 Å². The summed E-state index contributed by atoms with van der Waals surface area (Å²) < 4.78 is 12.3. The van der Waals surface area contributed by atoms with Crippen molar-refractivity contribution in [2.45, 2.75) is 40.2 Å². The van der Waals surface area contributed by atoms with E-state index >= 15 is 0 Å². The molecule has 0 radical (unpaired) electrons. The summed E-state index contributed by atoms with van der Waals surface area (Å²) in [6.07, 6.45) is 1.51. The molecule has 1 aromatic heterocycles. The van der Waals surface area contributed by atoms with Gasteiger partial charge in [-0.3, -0.25) is 9.59 Å². The van der Waals surface area contributed by atoms with E-state index in [1.807, 2.05) is 13.8 Å². The minimum absolute atomic E-state index is 0.140. The Bertz CT molecular complexity index is 885. The minimum Gasteiger partial charge on any atom is -0.489 e. The second-order valence-corrected chi connectivity index (χ2v) is 5.62. The van der Waals surface area contributed by atoms with Crippen LogP contribution in [0.15, 0.2) is 33.9 Å². The van der Waals surface area contributed by atoms with Gasteiger partial charge < -0.3 is 14.0 Å². The van der Waals surface area contributed by atoms with E-state index in [4.69, 9.17) is 9.47 Å². The van der Waals surface area contributed by atoms with E-state index in [1.54, 1.807) is 17.6 Å². The minimum atomic E-state index is -0.550. The predicted octanol–water partition coefficient (Wildman–Crippen LogP) is 2.74. The lowest BCUT2D eigenvalue weighted by Crippen LogP contribution is -2.19. The first-order chi connectivity index (χ1) is 12.0. The normalized spacial score (nSPS) is 10.7. The molecule has 0 aliphatic rings. The standard InChI is InChI=1S/C19H23NO5/c1-4-9-20-14-7-8-16(21)18(25-10-5-2)11-13(14)17(22)12-15(20)19(23)24-6-3/h7-8,11-12H,4-6,9-10H2,1-3H3. The number of aryl methyl sites for hydroxylation is 1. The fourth-order valence-electron chi connectivity index (χ4n) is 2.61. The van der Waals surface area contributed by atoms with Crippen molar-refractivity contribution in [3.63, 3.8) is 0 Å². The molecule has 0 aliphatic heterocycles. The lowest BCUT2D eigenvalue weighted by molar-refractivity contribution is 0.0513. The third kappa shape index (κ3) is 4.07. The number of fused-ring (bicyclic) bond motifs is 1. The van der Waals surface area contributed by atoms with Crippen LogP contribution < -0.4 is 15.6 Å². The first-order valence-corrected chi connectivity index (χ1v) is 8.55. The maximum absolute atomic E-state index is 12.6. The van der Waals surface area contributed by atoms with Crippen LogP contribution in [0.2, 0.25) is 0 Å². The lowest BCUT2D eigenvalue weighted by Gasteiger charge is -2.14. The van der Waals surface area contributed by atoms with Crippen molar-refractivity contribution in [2.24, 2.45) is 0 Å². The summed E-state index contributed by atoms with van der Waals surface area (Å²) in [4.78, 5) is 37.0. The van der Waals surface area contributed by atoms with Crippen LogP contribution in [-0.4, -0.2) is 23.8 Å². The Balaban J connectivity index is 2.80. The van der Waals surface area contributed by atoms with Gasteiger partial charge in [0.25, 0.3) is 0 Å². The Morgan fingerprint density at radius 3 is 2.44 bits per heavy atom. The van der Waals surface area contributed by atoms with Crippen molar-refractivity contribution in [2.75, 3.05) is 13.2 Å². The Morgan fingerprint density at radius 2 is 1.80 bits per heavy atom. The number of rotatable bonds is 7. The van der Waals surface area contributed by atoms with Crippen LogP contribution in [0.3, 0.4) is 0 Å². The largest absolute Gasteiger partial charge is 0.489 e. The second-order valence-electron chi connectivity index (χ2n) is 5.62. The lowest BCUT2D eigenvalue weighted by atomic mass is 10.2. The van der Waals surface area contributed by atoms with Crippen molar-refractivity contribution >= 4 is 16.9 Å². The number of carbonyl (C=O) groups is 1. The van der Waals surface area contributed by atoms with Gasteiger partial charge >= 0.3 is 5.97 Å². The van der Waals surface area contributed by atoms with Gasteiger partial charge in [0, 0.05) is 18.0 Å². The zero-order valence-corrected chi connectivity index (χ0v) is 14.8. The zero-order chi connectivity index (χ0) is 18.4. The molecule has 0 amide bonds.